The average Bonchev–Trinajstić information content (AvgIpc) is 3.13. The number of nitrogens with zero attached hydrogens (tertiary/aromatic N) is 2. The largest absolute Gasteiger partial charge is 0.483 e. The van der Waals surface area contributed by atoms with Gasteiger partial charge in [0, 0.05) is 36.3 Å². The van der Waals surface area contributed by atoms with Gasteiger partial charge in [-0.15, -0.1) is 0 Å². The molecule has 0 saturated carbocycles. The van der Waals surface area contributed by atoms with Gasteiger partial charge in [0.05, 0.1) is 19.6 Å². The number of esters is 1. The number of methoxy groups -OCH3 is 1. The Hall–Kier alpha value is -3.20. The Kier molecular flexibility index (Phi) is 7.29. The van der Waals surface area contributed by atoms with Crippen molar-refractivity contribution in [1.82, 2.24) is 14.8 Å². The summed E-state index contributed by atoms with van der Waals surface area (Å²) in [6.45, 7) is 5.06. The fourth-order valence-electron chi connectivity index (χ4n) is 4.94. The minimum atomic E-state index is -0.272. The molecule has 1 aromatic carbocycles. The van der Waals surface area contributed by atoms with Gasteiger partial charge in [-0.05, 0) is 42.8 Å². The zero-order valence-corrected chi connectivity index (χ0v) is 18.5. The molecule has 9 nitrogen and oxygen atoms in total. The summed E-state index contributed by atoms with van der Waals surface area (Å²) in [5.41, 5.74) is 2.44. The number of amides is 1. The van der Waals surface area contributed by atoms with Crippen molar-refractivity contribution in [3.63, 3.8) is 0 Å². The number of aromatic amines is 1. The van der Waals surface area contributed by atoms with Crippen molar-refractivity contribution in [2.45, 2.75) is 45.3 Å². The van der Waals surface area contributed by atoms with E-state index >= 15 is 0 Å². The zero-order valence-electron chi connectivity index (χ0n) is 18.5. The number of hydrogen-bond donors (Lipinski definition) is 2. The van der Waals surface area contributed by atoms with Crippen LogP contribution < -0.4 is 5.56 Å². The second kappa shape index (κ2) is 9.95. The summed E-state index contributed by atoms with van der Waals surface area (Å²) in [5.74, 6) is -0.495. The van der Waals surface area contributed by atoms with Crippen LogP contribution in [0.1, 0.15) is 30.9 Å². The predicted octanol–water partition coefficient (Wildman–Crippen LogP) is 1.52. The van der Waals surface area contributed by atoms with Gasteiger partial charge in [-0.25, -0.2) is 0 Å². The number of benzene rings is 1. The maximum absolute atomic E-state index is 12.9. The molecule has 0 bridgehead atoms. The normalized spacial score (nSPS) is 22.8. The molecule has 2 aliphatic heterocycles. The number of ether oxygens (including phenoxy) is 1. The van der Waals surface area contributed by atoms with Crippen LogP contribution >= 0.6 is 0 Å². The Morgan fingerprint density at radius 1 is 1.31 bits per heavy atom. The zero-order chi connectivity index (χ0) is 23.4. The lowest BCUT2D eigenvalue weighted by Gasteiger charge is -2.39. The number of aromatic nitrogens is 1. The number of carboxylic acid groups (broad SMARTS) is 1. The summed E-state index contributed by atoms with van der Waals surface area (Å²) in [5, 5.41) is 7.87. The summed E-state index contributed by atoms with van der Waals surface area (Å²) >= 11 is 0. The molecule has 4 rings (SSSR count). The Balaban J connectivity index is 0.000000913. The highest BCUT2D eigenvalue weighted by atomic mass is 16.5. The number of piperazine rings is 1. The average molecular weight is 444 g/mol. The van der Waals surface area contributed by atoms with Crippen LogP contribution in [0.4, 0.5) is 0 Å². The number of carbonyl (C=O) groups excluding carboxylic acids is 2. The van der Waals surface area contributed by atoms with Gasteiger partial charge in [-0.1, -0.05) is 19.1 Å². The molecule has 2 aliphatic rings. The minimum Gasteiger partial charge on any atom is -0.483 e. The van der Waals surface area contributed by atoms with E-state index in [2.05, 4.69) is 4.98 Å². The van der Waals surface area contributed by atoms with Crippen LogP contribution in [-0.4, -0.2) is 70.5 Å². The molecule has 2 aromatic rings. The summed E-state index contributed by atoms with van der Waals surface area (Å²) < 4.78 is 4.96. The van der Waals surface area contributed by atoms with Crippen LogP contribution in [0.5, 0.6) is 0 Å². The van der Waals surface area contributed by atoms with Gasteiger partial charge < -0.3 is 19.7 Å². The smallest absolute Gasteiger partial charge is 0.310 e. The lowest BCUT2D eigenvalue weighted by molar-refractivity contribution is -0.147. The highest BCUT2D eigenvalue weighted by Gasteiger charge is 2.49. The first-order valence-electron chi connectivity index (χ1n) is 10.6. The van der Waals surface area contributed by atoms with Crippen molar-refractivity contribution in [3.05, 3.63) is 45.7 Å². The van der Waals surface area contributed by atoms with Gasteiger partial charge in [0.25, 0.3) is 12.0 Å². The topological polar surface area (TPSA) is 120 Å². The van der Waals surface area contributed by atoms with Crippen molar-refractivity contribution >= 4 is 29.3 Å². The van der Waals surface area contributed by atoms with E-state index in [9.17, 15) is 14.4 Å². The van der Waals surface area contributed by atoms with E-state index in [1.54, 1.807) is 0 Å². The summed E-state index contributed by atoms with van der Waals surface area (Å²) in [6.07, 6.45) is 1.34. The number of carbonyl (C=O) groups is 3. The molecule has 2 saturated heterocycles. The van der Waals surface area contributed by atoms with E-state index in [4.69, 9.17) is 14.6 Å². The second-order valence-corrected chi connectivity index (χ2v) is 8.29. The maximum Gasteiger partial charge on any atom is 0.310 e. The van der Waals surface area contributed by atoms with E-state index in [-0.39, 0.29) is 48.5 Å². The van der Waals surface area contributed by atoms with Crippen LogP contribution in [0.2, 0.25) is 0 Å². The van der Waals surface area contributed by atoms with E-state index in [1.165, 1.54) is 7.11 Å². The molecule has 32 heavy (non-hydrogen) atoms. The predicted molar refractivity (Wildman–Crippen MR) is 118 cm³/mol. The van der Waals surface area contributed by atoms with Crippen molar-refractivity contribution in [3.8, 4) is 0 Å². The van der Waals surface area contributed by atoms with Crippen molar-refractivity contribution in [2.75, 3.05) is 20.2 Å². The highest BCUT2D eigenvalue weighted by molar-refractivity contribution is 5.83. The molecule has 2 fully saturated rings. The molecule has 2 N–H and O–H groups in total. The minimum absolute atomic E-state index is 0.0207. The fraction of sp³-hybridized carbons (Fsp3) is 0.478. The molecule has 0 unspecified atom stereocenters. The van der Waals surface area contributed by atoms with Crippen molar-refractivity contribution in [1.29, 1.82) is 0 Å². The van der Waals surface area contributed by atoms with Gasteiger partial charge >= 0.3 is 5.97 Å². The molecule has 0 spiro atoms. The number of rotatable bonds is 4. The highest BCUT2D eigenvalue weighted by Crippen LogP contribution is 2.35. The van der Waals surface area contributed by atoms with Crippen LogP contribution in [0.25, 0.3) is 10.9 Å². The van der Waals surface area contributed by atoms with Crippen molar-refractivity contribution < 1.29 is 24.2 Å². The first kappa shape index (κ1) is 23.5. The van der Waals surface area contributed by atoms with Gasteiger partial charge in [0.2, 0.25) is 5.91 Å². The van der Waals surface area contributed by atoms with E-state index in [1.807, 2.05) is 47.9 Å². The molecule has 0 radical (unpaired) electrons. The van der Waals surface area contributed by atoms with E-state index in [0.717, 1.165) is 22.9 Å². The molecule has 3 atom stereocenters. The Morgan fingerprint density at radius 2 is 2.03 bits per heavy atom. The lowest BCUT2D eigenvalue weighted by Crippen LogP contribution is -2.56. The third-order valence-electron chi connectivity index (χ3n) is 6.25. The molecule has 1 aromatic heterocycles. The monoisotopic (exact) mass is 443 g/mol. The lowest BCUT2D eigenvalue weighted by atomic mass is 9.97. The third-order valence-corrected chi connectivity index (χ3v) is 6.25. The number of pyridine rings is 1. The summed E-state index contributed by atoms with van der Waals surface area (Å²) in [4.78, 5) is 52.8. The maximum atomic E-state index is 12.9. The van der Waals surface area contributed by atoms with Gasteiger partial charge in [-0.2, -0.15) is 0 Å². The third kappa shape index (κ3) is 4.67. The Labute approximate surface area is 186 Å². The van der Waals surface area contributed by atoms with E-state index < -0.39 is 0 Å². The Morgan fingerprint density at radius 3 is 2.69 bits per heavy atom. The fourth-order valence-corrected chi connectivity index (χ4v) is 4.94. The molecule has 9 heteroatoms. The Bertz CT molecular complexity index is 1070. The summed E-state index contributed by atoms with van der Waals surface area (Å²) in [7, 11) is 1.40. The van der Waals surface area contributed by atoms with Crippen molar-refractivity contribution in [2.24, 2.45) is 5.92 Å². The first-order valence-corrected chi connectivity index (χ1v) is 10.6. The van der Waals surface area contributed by atoms with Gasteiger partial charge in [-0.3, -0.25) is 24.1 Å². The molecular formula is C23H29N3O6. The molecule has 172 valence electrons. The van der Waals surface area contributed by atoms with Crippen LogP contribution in [0, 0.1) is 12.8 Å². The van der Waals surface area contributed by atoms with E-state index in [0.29, 0.717) is 25.1 Å². The summed E-state index contributed by atoms with van der Waals surface area (Å²) in [6, 6.07) is 7.76. The van der Waals surface area contributed by atoms with Crippen LogP contribution in [0.3, 0.4) is 0 Å². The number of nitrogens with one attached hydrogen (secondary N) is 1. The number of fused-ring (bicyclic) bond motifs is 2. The first-order chi connectivity index (χ1) is 15.3. The SMILES string of the molecule is CC[C@H]1[C@@H](C(=O)OC)C[C@H]2CN(Cc3cc4ccc(C)cc4[nH]c3=O)CC(=O)N21.O=CO. The molecular weight excluding hydrogens is 414 g/mol. The molecule has 0 aliphatic carbocycles. The van der Waals surface area contributed by atoms with Crippen LogP contribution in [0.15, 0.2) is 29.1 Å². The quantitative estimate of drug-likeness (QED) is 0.543. The number of hydrogen-bond acceptors (Lipinski definition) is 6. The number of H-pyrrole nitrogens is 1. The molecule has 3 heterocycles. The van der Waals surface area contributed by atoms with Crippen LogP contribution in [-0.2, 0) is 25.7 Å². The number of aryl methyl sites for hydroxylation is 1. The van der Waals surface area contributed by atoms with Gasteiger partial charge in [0.15, 0.2) is 0 Å². The second-order valence-electron chi connectivity index (χ2n) is 8.29. The standard InChI is InChI=1S/C22H27N3O4.CH2O2/c1-4-19-17(22(28)29-3)9-16-11-24(12-20(26)25(16)19)10-15-8-14-6-5-13(2)7-18(14)23-21(15)27;2-1-3/h5-8,16-17,19H,4,9-12H2,1-3H3,(H,23,27);1H,(H,2,3)/t16-,17-,19-;/m0./s1. The molecule has 1 amide bonds. The van der Waals surface area contributed by atoms with Gasteiger partial charge in [0.1, 0.15) is 0 Å².